The number of carboxylic acids is 1. The van der Waals surface area contributed by atoms with Crippen LogP contribution in [0.4, 0.5) is 0 Å². The second kappa shape index (κ2) is 16.1. The smallest absolute Gasteiger partial charge is 0.306 e. The van der Waals surface area contributed by atoms with E-state index in [1.165, 1.54) is 38.5 Å². The van der Waals surface area contributed by atoms with Crippen molar-refractivity contribution in [2.45, 2.75) is 90.9 Å². The first-order chi connectivity index (χ1) is 12.0. The van der Waals surface area contributed by atoms with Gasteiger partial charge in [0.2, 0.25) is 0 Å². The molecule has 0 rings (SSSR count). The van der Waals surface area contributed by atoms with Crippen LogP contribution in [0, 0.1) is 11.8 Å². The molecule has 0 bridgehead atoms. The van der Waals surface area contributed by atoms with Crippen LogP contribution in [0.25, 0.3) is 0 Å². The predicted octanol–water partition coefficient (Wildman–Crippen LogP) is 5.45. The number of carbonyl (C=O) groups excluding carboxylic acids is 1. The van der Waals surface area contributed by atoms with Crippen LogP contribution in [-0.4, -0.2) is 29.3 Å². The zero-order chi connectivity index (χ0) is 18.9. The number of nitrogens with zero attached hydrogens (tertiary/aromatic N) is 1. The molecule has 1 N–H and O–H groups in total. The van der Waals surface area contributed by atoms with Crippen molar-refractivity contribution in [1.82, 2.24) is 0 Å². The summed E-state index contributed by atoms with van der Waals surface area (Å²) in [6.07, 6.45) is 11.8. The van der Waals surface area contributed by atoms with E-state index in [2.05, 4.69) is 24.4 Å². The number of hydrogen-bond acceptors (Lipinski definition) is 3. The predicted molar refractivity (Wildman–Crippen MR) is 104 cm³/mol. The Labute approximate surface area is 153 Å². The van der Waals surface area contributed by atoms with E-state index >= 15 is 0 Å². The molecule has 2 atom stereocenters. The first-order valence-electron chi connectivity index (χ1n) is 9.97. The molecule has 2 unspecified atom stereocenters. The summed E-state index contributed by atoms with van der Waals surface area (Å²) < 4.78 is 0. The van der Waals surface area contributed by atoms with Crippen LogP contribution >= 0.6 is 0 Å². The standard InChI is InChI=1S/C21H37NO3/c1-4-6-7-8-9-10-11-14-18(3)20(23)17-19(21(24)25)15-12-13-16-22-5-2/h18-19H,2,4,6-17H2,1,3H3,(H,24,25). The van der Waals surface area contributed by atoms with Gasteiger partial charge in [0.05, 0.1) is 5.92 Å². The SMILES string of the molecule is C=C=NCCCCC(CC(=O)C(C)CCCCCCCCC)C(=O)O. The highest BCUT2D eigenvalue weighted by Gasteiger charge is 2.23. The molecule has 0 aliphatic rings. The largest absolute Gasteiger partial charge is 0.481 e. The quantitative estimate of drug-likeness (QED) is 0.280. The molecule has 144 valence electrons. The van der Waals surface area contributed by atoms with Crippen molar-refractivity contribution < 1.29 is 14.7 Å². The Bertz CT molecular complexity index is 413. The second-order valence-electron chi connectivity index (χ2n) is 7.05. The van der Waals surface area contributed by atoms with Gasteiger partial charge in [0.25, 0.3) is 0 Å². The maximum Gasteiger partial charge on any atom is 0.306 e. The van der Waals surface area contributed by atoms with Crippen molar-refractivity contribution in [3.63, 3.8) is 0 Å². The van der Waals surface area contributed by atoms with Gasteiger partial charge in [-0.25, -0.2) is 4.99 Å². The zero-order valence-corrected chi connectivity index (χ0v) is 16.3. The van der Waals surface area contributed by atoms with E-state index in [0.29, 0.717) is 13.0 Å². The molecule has 0 aromatic rings. The number of unbranched alkanes of at least 4 members (excludes halogenated alkanes) is 7. The van der Waals surface area contributed by atoms with Gasteiger partial charge in [-0.15, -0.1) is 0 Å². The minimum Gasteiger partial charge on any atom is -0.481 e. The summed E-state index contributed by atoms with van der Waals surface area (Å²) in [5.41, 5.74) is 0. The molecule has 0 saturated carbocycles. The van der Waals surface area contributed by atoms with E-state index in [-0.39, 0.29) is 18.1 Å². The topological polar surface area (TPSA) is 66.7 Å². The van der Waals surface area contributed by atoms with E-state index in [1.807, 2.05) is 6.92 Å². The Hall–Kier alpha value is -1.41. The number of aliphatic imine (C=N–C) groups is 1. The fourth-order valence-corrected chi connectivity index (χ4v) is 2.99. The summed E-state index contributed by atoms with van der Waals surface area (Å²) >= 11 is 0. The number of Topliss-reactive ketones (excluding diaryl/α,β-unsaturated/α-hetero) is 1. The highest BCUT2D eigenvalue weighted by atomic mass is 16.4. The van der Waals surface area contributed by atoms with E-state index in [1.54, 1.807) is 0 Å². The van der Waals surface area contributed by atoms with Crippen molar-refractivity contribution >= 4 is 17.6 Å². The average Bonchev–Trinajstić information content (AvgIpc) is 2.59. The lowest BCUT2D eigenvalue weighted by atomic mass is 9.89. The van der Waals surface area contributed by atoms with Gasteiger partial charge in [0.1, 0.15) is 5.78 Å². The van der Waals surface area contributed by atoms with Crippen molar-refractivity contribution in [1.29, 1.82) is 0 Å². The minimum atomic E-state index is -0.858. The molecule has 0 spiro atoms. The molecule has 0 fully saturated rings. The molecule has 0 saturated heterocycles. The minimum absolute atomic E-state index is 0.0251. The summed E-state index contributed by atoms with van der Waals surface area (Å²) in [6, 6.07) is 0. The fourth-order valence-electron chi connectivity index (χ4n) is 2.99. The maximum absolute atomic E-state index is 12.3. The maximum atomic E-state index is 12.3. The molecular formula is C21H37NO3. The van der Waals surface area contributed by atoms with Crippen LogP contribution in [0.1, 0.15) is 90.9 Å². The third-order valence-electron chi connectivity index (χ3n) is 4.77. The summed E-state index contributed by atoms with van der Waals surface area (Å²) in [6.45, 7) is 8.18. The number of hydrogen-bond donors (Lipinski definition) is 1. The van der Waals surface area contributed by atoms with Gasteiger partial charge < -0.3 is 5.11 Å². The molecule has 4 nitrogen and oxygen atoms in total. The molecular weight excluding hydrogens is 314 g/mol. The molecule has 4 heteroatoms. The Morgan fingerprint density at radius 2 is 1.60 bits per heavy atom. The number of ketones is 1. The second-order valence-corrected chi connectivity index (χ2v) is 7.05. The van der Waals surface area contributed by atoms with Gasteiger partial charge >= 0.3 is 5.97 Å². The normalized spacial score (nSPS) is 13.0. The highest BCUT2D eigenvalue weighted by molar-refractivity contribution is 5.85. The molecule has 25 heavy (non-hydrogen) atoms. The van der Waals surface area contributed by atoms with E-state index in [4.69, 9.17) is 0 Å². The van der Waals surface area contributed by atoms with Gasteiger partial charge in [0.15, 0.2) is 0 Å². The lowest BCUT2D eigenvalue weighted by Gasteiger charge is -2.15. The van der Waals surface area contributed by atoms with Gasteiger partial charge in [0, 0.05) is 18.9 Å². The van der Waals surface area contributed by atoms with Gasteiger partial charge in [-0.1, -0.05) is 65.2 Å². The van der Waals surface area contributed by atoms with Crippen molar-refractivity contribution in [3.05, 3.63) is 6.58 Å². The lowest BCUT2D eigenvalue weighted by molar-refractivity contribution is -0.144. The van der Waals surface area contributed by atoms with Crippen molar-refractivity contribution in [3.8, 4) is 0 Å². The number of carboxylic acid groups (broad SMARTS) is 1. The van der Waals surface area contributed by atoms with Crippen molar-refractivity contribution in [2.75, 3.05) is 6.54 Å². The Morgan fingerprint density at radius 1 is 1.00 bits per heavy atom. The molecule has 0 radical (unpaired) electrons. The number of carbonyl (C=O) groups is 2. The first kappa shape index (κ1) is 23.6. The zero-order valence-electron chi connectivity index (χ0n) is 16.3. The third-order valence-corrected chi connectivity index (χ3v) is 4.77. The van der Waals surface area contributed by atoms with Crippen LogP contribution in [0.15, 0.2) is 11.6 Å². The van der Waals surface area contributed by atoms with Gasteiger partial charge in [-0.2, -0.15) is 0 Å². The fraction of sp³-hybridized carbons (Fsp3) is 0.810. The highest BCUT2D eigenvalue weighted by Crippen LogP contribution is 2.20. The Morgan fingerprint density at radius 3 is 2.20 bits per heavy atom. The number of rotatable bonds is 17. The molecule has 0 aromatic carbocycles. The van der Waals surface area contributed by atoms with Crippen LogP contribution in [0.5, 0.6) is 0 Å². The Kier molecular flexibility index (Phi) is 15.2. The first-order valence-corrected chi connectivity index (χ1v) is 9.97. The third kappa shape index (κ3) is 13.5. The molecule has 0 heterocycles. The van der Waals surface area contributed by atoms with E-state index in [0.717, 1.165) is 25.7 Å². The van der Waals surface area contributed by atoms with Gasteiger partial charge in [-0.3, -0.25) is 9.59 Å². The van der Waals surface area contributed by atoms with Gasteiger partial charge in [-0.05, 0) is 31.7 Å². The van der Waals surface area contributed by atoms with Crippen molar-refractivity contribution in [2.24, 2.45) is 16.8 Å². The van der Waals surface area contributed by atoms with Crippen LogP contribution in [0.2, 0.25) is 0 Å². The summed E-state index contributed by atoms with van der Waals surface area (Å²) in [7, 11) is 0. The van der Waals surface area contributed by atoms with Crippen LogP contribution in [-0.2, 0) is 9.59 Å². The average molecular weight is 352 g/mol. The molecule has 0 aliphatic heterocycles. The summed E-state index contributed by atoms with van der Waals surface area (Å²) in [5, 5.41) is 9.33. The molecule has 0 aliphatic carbocycles. The summed E-state index contributed by atoms with van der Waals surface area (Å²) in [4.78, 5) is 27.6. The lowest BCUT2D eigenvalue weighted by Crippen LogP contribution is -2.21. The van der Waals surface area contributed by atoms with Crippen LogP contribution in [0.3, 0.4) is 0 Å². The molecule has 0 aromatic heterocycles. The Balaban J connectivity index is 3.97. The van der Waals surface area contributed by atoms with E-state index < -0.39 is 11.9 Å². The monoisotopic (exact) mass is 351 g/mol. The van der Waals surface area contributed by atoms with E-state index in [9.17, 15) is 14.7 Å². The molecule has 0 amide bonds. The summed E-state index contributed by atoms with van der Waals surface area (Å²) in [5.74, 6) is 1.13. The number of aliphatic carboxylic acids is 1. The van der Waals surface area contributed by atoms with Crippen LogP contribution < -0.4 is 0 Å².